The van der Waals surface area contributed by atoms with Crippen molar-refractivity contribution < 1.29 is 13.2 Å². The number of para-hydroxylation sites is 1. The fourth-order valence-electron chi connectivity index (χ4n) is 2.34. The normalized spacial score (nSPS) is 13.2. The molecule has 0 fully saturated rings. The van der Waals surface area contributed by atoms with E-state index in [2.05, 4.69) is 9.97 Å². The Kier molecular flexibility index (Phi) is 4.38. The summed E-state index contributed by atoms with van der Waals surface area (Å²) < 4.78 is 39.5. The number of benzene rings is 1. The Hall–Kier alpha value is -1.89. The molecule has 0 bridgehead atoms. The van der Waals surface area contributed by atoms with Gasteiger partial charge in [-0.2, -0.15) is 13.2 Å². The molecular formula is C16H10Cl2F3N3. The number of alkyl halides is 3. The molecule has 0 saturated carbocycles. The van der Waals surface area contributed by atoms with Gasteiger partial charge in [-0.3, -0.25) is 0 Å². The topological polar surface area (TPSA) is 51.8 Å². The van der Waals surface area contributed by atoms with Crippen molar-refractivity contribution in [2.24, 2.45) is 5.73 Å². The van der Waals surface area contributed by atoms with E-state index in [0.717, 1.165) is 0 Å². The number of rotatable bonds is 2. The SMILES string of the molecule is N[C@H](c1cc2cccc(Cl)c2nc1-c1ccc(Cl)nc1)C(F)(F)F. The average molecular weight is 372 g/mol. The van der Waals surface area contributed by atoms with Crippen molar-refractivity contribution in [3.05, 3.63) is 58.3 Å². The van der Waals surface area contributed by atoms with Gasteiger partial charge < -0.3 is 5.73 Å². The van der Waals surface area contributed by atoms with E-state index in [1.807, 2.05) is 0 Å². The van der Waals surface area contributed by atoms with Crippen LogP contribution < -0.4 is 5.73 Å². The van der Waals surface area contributed by atoms with Gasteiger partial charge in [0.15, 0.2) is 0 Å². The Balaban J connectivity index is 2.31. The van der Waals surface area contributed by atoms with Gasteiger partial charge in [-0.25, -0.2) is 9.97 Å². The predicted octanol–water partition coefficient (Wildman–Crippen LogP) is 5.17. The molecule has 3 aromatic rings. The van der Waals surface area contributed by atoms with Crippen LogP contribution in [0.3, 0.4) is 0 Å². The molecule has 0 saturated heterocycles. The number of nitrogens with two attached hydrogens (primary N) is 1. The largest absolute Gasteiger partial charge is 0.407 e. The summed E-state index contributed by atoms with van der Waals surface area (Å²) in [6.07, 6.45) is -3.26. The molecule has 2 aromatic heterocycles. The third kappa shape index (κ3) is 3.17. The van der Waals surface area contributed by atoms with E-state index in [-0.39, 0.29) is 16.4 Å². The first kappa shape index (κ1) is 17.0. The van der Waals surface area contributed by atoms with Crippen molar-refractivity contribution in [1.82, 2.24) is 9.97 Å². The summed E-state index contributed by atoms with van der Waals surface area (Å²) in [5, 5.41) is 1.03. The fourth-order valence-corrected chi connectivity index (χ4v) is 2.68. The first-order valence-corrected chi connectivity index (χ1v) is 7.56. The lowest BCUT2D eigenvalue weighted by molar-refractivity contribution is -0.149. The number of halogens is 5. The molecule has 0 unspecified atom stereocenters. The van der Waals surface area contributed by atoms with E-state index >= 15 is 0 Å². The first-order valence-electron chi connectivity index (χ1n) is 6.81. The molecule has 8 heteroatoms. The van der Waals surface area contributed by atoms with Gasteiger partial charge in [0.25, 0.3) is 0 Å². The summed E-state index contributed by atoms with van der Waals surface area (Å²) in [4.78, 5) is 8.21. The standard InChI is InChI=1S/C16H10Cl2F3N3/c17-11-3-1-2-8-6-10(15(22)16(19,20)21)13(24-14(8)11)9-4-5-12(18)23-7-9/h1-7,15H,22H2/t15-/m1/s1. The highest BCUT2D eigenvalue weighted by atomic mass is 35.5. The molecule has 0 spiro atoms. The minimum Gasteiger partial charge on any atom is -0.316 e. The Bertz CT molecular complexity index is 895. The maximum Gasteiger partial charge on any atom is 0.407 e. The van der Waals surface area contributed by atoms with Crippen molar-refractivity contribution in [3.8, 4) is 11.3 Å². The Morgan fingerprint density at radius 3 is 2.46 bits per heavy atom. The molecule has 3 rings (SSSR count). The number of pyridine rings is 2. The molecule has 2 N–H and O–H groups in total. The van der Waals surface area contributed by atoms with Crippen LogP contribution in [-0.4, -0.2) is 16.1 Å². The molecular weight excluding hydrogens is 362 g/mol. The highest BCUT2D eigenvalue weighted by Crippen LogP contribution is 2.37. The van der Waals surface area contributed by atoms with Crippen LogP contribution in [0.2, 0.25) is 10.2 Å². The number of hydrogen-bond acceptors (Lipinski definition) is 3. The third-order valence-electron chi connectivity index (χ3n) is 3.51. The quantitative estimate of drug-likeness (QED) is 0.632. The van der Waals surface area contributed by atoms with E-state index in [9.17, 15) is 13.2 Å². The van der Waals surface area contributed by atoms with Crippen LogP contribution >= 0.6 is 23.2 Å². The number of hydrogen-bond donors (Lipinski definition) is 1. The van der Waals surface area contributed by atoms with E-state index < -0.39 is 12.2 Å². The van der Waals surface area contributed by atoms with E-state index in [4.69, 9.17) is 28.9 Å². The molecule has 0 radical (unpaired) electrons. The second kappa shape index (κ2) is 6.20. The Labute approximate surface area is 145 Å². The van der Waals surface area contributed by atoms with Crippen molar-refractivity contribution in [2.45, 2.75) is 12.2 Å². The molecule has 2 heterocycles. The van der Waals surface area contributed by atoms with Crippen molar-refractivity contribution in [1.29, 1.82) is 0 Å². The predicted molar refractivity (Wildman–Crippen MR) is 88.0 cm³/mol. The van der Waals surface area contributed by atoms with Crippen molar-refractivity contribution in [2.75, 3.05) is 0 Å². The van der Waals surface area contributed by atoms with Crippen molar-refractivity contribution >= 4 is 34.1 Å². The molecule has 124 valence electrons. The second-order valence-corrected chi connectivity index (χ2v) is 5.92. The smallest absolute Gasteiger partial charge is 0.316 e. The minimum absolute atomic E-state index is 0.0737. The minimum atomic E-state index is -4.61. The summed E-state index contributed by atoms with van der Waals surface area (Å²) in [5.74, 6) is 0. The lowest BCUT2D eigenvalue weighted by Gasteiger charge is -2.19. The zero-order valence-electron chi connectivity index (χ0n) is 12.0. The van der Waals surface area contributed by atoms with E-state index in [1.54, 1.807) is 18.2 Å². The van der Waals surface area contributed by atoms with Gasteiger partial charge in [-0.1, -0.05) is 35.3 Å². The van der Waals surface area contributed by atoms with Gasteiger partial charge in [-0.05, 0) is 24.3 Å². The number of fused-ring (bicyclic) bond motifs is 1. The van der Waals surface area contributed by atoms with Crippen molar-refractivity contribution in [3.63, 3.8) is 0 Å². The zero-order chi connectivity index (χ0) is 17.5. The van der Waals surface area contributed by atoms with Gasteiger partial charge in [0, 0.05) is 22.7 Å². The van der Waals surface area contributed by atoms with Crippen LogP contribution in [0.4, 0.5) is 13.2 Å². The monoisotopic (exact) mass is 371 g/mol. The number of aromatic nitrogens is 2. The summed E-state index contributed by atoms with van der Waals surface area (Å²) in [6, 6.07) is 7.06. The molecule has 3 nitrogen and oxygen atoms in total. The van der Waals surface area contributed by atoms with Crippen LogP contribution in [0.5, 0.6) is 0 Å². The molecule has 0 aliphatic carbocycles. The van der Waals surface area contributed by atoms with Gasteiger partial charge in [0.2, 0.25) is 0 Å². The lowest BCUT2D eigenvalue weighted by Crippen LogP contribution is -2.29. The van der Waals surface area contributed by atoms with Gasteiger partial charge in [0.05, 0.1) is 16.2 Å². The highest BCUT2D eigenvalue weighted by molar-refractivity contribution is 6.35. The summed E-state index contributed by atoms with van der Waals surface area (Å²) in [5.41, 5.74) is 6.11. The fraction of sp³-hybridized carbons (Fsp3) is 0.125. The number of nitrogens with zero attached hydrogens (tertiary/aromatic N) is 2. The molecule has 0 aliphatic rings. The molecule has 0 aliphatic heterocycles. The zero-order valence-corrected chi connectivity index (χ0v) is 13.5. The van der Waals surface area contributed by atoms with Crippen LogP contribution in [0.15, 0.2) is 42.6 Å². The summed E-state index contributed by atoms with van der Waals surface area (Å²) in [6.45, 7) is 0. The molecule has 1 atom stereocenters. The van der Waals surface area contributed by atoms with E-state index in [1.165, 1.54) is 24.4 Å². The molecule has 0 amide bonds. The first-order chi connectivity index (χ1) is 11.3. The van der Waals surface area contributed by atoms with Gasteiger partial charge >= 0.3 is 6.18 Å². The van der Waals surface area contributed by atoms with Crippen LogP contribution in [0.1, 0.15) is 11.6 Å². The maximum atomic E-state index is 13.2. The highest BCUT2D eigenvalue weighted by Gasteiger charge is 2.39. The van der Waals surface area contributed by atoms with Gasteiger partial charge in [-0.15, -0.1) is 0 Å². The molecule has 24 heavy (non-hydrogen) atoms. The Morgan fingerprint density at radius 2 is 1.83 bits per heavy atom. The maximum absolute atomic E-state index is 13.2. The third-order valence-corrected chi connectivity index (χ3v) is 4.04. The second-order valence-electron chi connectivity index (χ2n) is 5.13. The van der Waals surface area contributed by atoms with Crippen LogP contribution in [0, 0.1) is 0 Å². The lowest BCUT2D eigenvalue weighted by atomic mass is 9.98. The van der Waals surface area contributed by atoms with Gasteiger partial charge in [0.1, 0.15) is 11.2 Å². The summed E-state index contributed by atoms with van der Waals surface area (Å²) in [7, 11) is 0. The molecule has 1 aromatic carbocycles. The summed E-state index contributed by atoms with van der Waals surface area (Å²) >= 11 is 11.8. The van der Waals surface area contributed by atoms with Crippen LogP contribution in [-0.2, 0) is 0 Å². The van der Waals surface area contributed by atoms with Crippen LogP contribution in [0.25, 0.3) is 22.2 Å². The Morgan fingerprint density at radius 1 is 1.08 bits per heavy atom. The van der Waals surface area contributed by atoms with E-state index in [0.29, 0.717) is 21.5 Å². The average Bonchev–Trinajstić information content (AvgIpc) is 2.53.